The van der Waals surface area contributed by atoms with Gasteiger partial charge >= 0.3 is 6.03 Å². The van der Waals surface area contributed by atoms with Gasteiger partial charge in [0.2, 0.25) is 0 Å². The summed E-state index contributed by atoms with van der Waals surface area (Å²) in [5.41, 5.74) is 9.56. The number of nitrogens with one attached hydrogen (secondary N) is 2. The molecule has 3 amide bonds. The number of rotatable bonds is 6. The van der Waals surface area contributed by atoms with Crippen molar-refractivity contribution in [3.63, 3.8) is 0 Å². The number of ether oxygens (including phenoxy) is 2. The van der Waals surface area contributed by atoms with Gasteiger partial charge in [-0.3, -0.25) is 4.79 Å². The van der Waals surface area contributed by atoms with Crippen LogP contribution in [0, 0.1) is 0 Å². The number of hydrogen-bond acceptors (Lipinski definition) is 8. The van der Waals surface area contributed by atoms with Gasteiger partial charge in [-0.15, -0.1) is 22.7 Å². The highest BCUT2D eigenvalue weighted by molar-refractivity contribution is 7.14. The van der Waals surface area contributed by atoms with E-state index in [1.165, 1.54) is 11.3 Å². The van der Waals surface area contributed by atoms with E-state index < -0.39 is 0 Å². The third-order valence-electron chi connectivity index (χ3n) is 5.95. The van der Waals surface area contributed by atoms with Crippen molar-refractivity contribution in [1.82, 2.24) is 9.88 Å². The number of fused-ring (bicyclic) bond motifs is 1. The van der Waals surface area contributed by atoms with Crippen molar-refractivity contribution in [2.75, 3.05) is 37.1 Å². The summed E-state index contributed by atoms with van der Waals surface area (Å²) in [6.07, 6.45) is 0.564. The average molecular weight is 536 g/mol. The van der Waals surface area contributed by atoms with Gasteiger partial charge in [0.25, 0.3) is 5.91 Å². The molecule has 9 nitrogen and oxygen atoms in total. The third-order valence-corrected chi connectivity index (χ3v) is 7.95. The number of amides is 3. The van der Waals surface area contributed by atoms with Gasteiger partial charge in [0, 0.05) is 34.5 Å². The molecule has 3 heterocycles. The zero-order chi connectivity index (χ0) is 25.9. The van der Waals surface area contributed by atoms with Crippen LogP contribution in [0.5, 0.6) is 11.5 Å². The summed E-state index contributed by atoms with van der Waals surface area (Å²) in [4.78, 5) is 34.2. The first kappa shape index (κ1) is 24.6. The number of thiophene rings is 1. The summed E-state index contributed by atoms with van der Waals surface area (Å²) < 4.78 is 10.6. The first-order valence-corrected chi connectivity index (χ1v) is 13.2. The van der Waals surface area contributed by atoms with Gasteiger partial charge < -0.3 is 30.7 Å². The number of urea groups is 1. The molecule has 0 aliphatic carbocycles. The molecule has 0 bridgehead atoms. The number of anilines is 3. The van der Waals surface area contributed by atoms with Crippen molar-refractivity contribution in [2.24, 2.45) is 0 Å². The van der Waals surface area contributed by atoms with Crippen LogP contribution in [0.4, 0.5) is 21.9 Å². The molecule has 4 N–H and O–H groups in total. The molecule has 1 aliphatic heterocycles. The summed E-state index contributed by atoms with van der Waals surface area (Å²) in [6, 6.07) is 14.5. The Hall–Kier alpha value is -4.09. The largest absolute Gasteiger partial charge is 0.493 e. The Balaban J connectivity index is 1.26. The van der Waals surface area contributed by atoms with E-state index in [1.807, 2.05) is 29.6 Å². The standard InChI is InChI=1S/C26H25N5O4S2/c1-34-20-8-6-16(13-21(20)35-2)28-26(33)31-10-9-18-23(14-31)37-25(30-18)24(32)29-19-12-15(5-7-17(19)27)22-4-3-11-36-22/h3-8,11-13H,9-10,14,27H2,1-2H3,(H,28,33)(H,29,32). The quantitative estimate of drug-likeness (QED) is 0.288. The molecule has 1 aliphatic rings. The van der Waals surface area contributed by atoms with Crippen molar-refractivity contribution in [1.29, 1.82) is 0 Å². The van der Waals surface area contributed by atoms with Gasteiger partial charge in [0.05, 0.1) is 37.8 Å². The first-order chi connectivity index (χ1) is 17.9. The lowest BCUT2D eigenvalue weighted by atomic mass is 10.1. The molecule has 2 aromatic heterocycles. The SMILES string of the molecule is COc1ccc(NC(=O)N2CCc3nc(C(=O)Nc4cc(-c5cccs5)ccc4N)sc3C2)cc1OC. The van der Waals surface area contributed by atoms with Crippen LogP contribution in [0.2, 0.25) is 0 Å². The van der Waals surface area contributed by atoms with Crippen LogP contribution < -0.4 is 25.8 Å². The Morgan fingerprint density at radius 3 is 2.65 bits per heavy atom. The fraction of sp³-hybridized carbons (Fsp3) is 0.192. The van der Waals surface area contributed by atoms with Crippen molar-refractivity contribution >= 4 is 51.7 Å². The number of benzene rings is 2. The van der Waals surface area contributed by atoms with E-state index in [-0.39, 0.29) is 11.9 Å². The van der Waals surface area contributed by atoms with E-state index in [0.29, 0.717) is 53.1 Å². The number of carbonyl (C=O) groups is 2. The number of nitrogens with two attached hydrogens (primary N) is 1. The average Bonchev–Trinajstić information content (AvgIpc) is 3.60. The number of thiazole rings is 1. The van der Waals surface area contributed by atoms with Gasteiger partial charge in [-0.25, -0.2) is 9.78 Å². The lowest BCUT2D eigenvalue weighted by molar-refractivity contribution is 0.102. The number of aromatic nitrogens is 1. The molecule has 5 rings (SSSR count). The van der Waals surface area contributed by atoms with E-state index in [0.717, 1.165) is 21.0 Å². The smallest absolute Gasteiger partial charge is 0.322 e. The topological polar surface area (TPSA) is 119 Å². The second-order valence-electron chi connectivity index (χ2n) is 8.29. The molecular formula is C26H25N5O4S2. The second-order valence-corrected chi connectivity index (χ2v) is 10.3. The molecular weight excluding hydrogens is 510 g/mol. The number of hydrogen-bond donors (Lipinski definition) is 3. The molecule has 0 unspecified atom stereocenters. The minimum atomic E-state index is -0.323. The highest BCUT2D eigenvalue weighted by Crippen LogP contribution is 2.32. The van der Waals surface area contributed by atoms with Crippen LogP contribution in [-0.4, -0.2) is 42.6 Å². The van der Waals surface area contributed by atoms with Crippen LogP contribution in [0.1, 0.15) is 20.4 Å². The predicted molar refractivity (Wildman–Crippen MR) is 147 cm³/mol. The van der Waals surface area contributed by atoms with Crippen molar-refractivity contribution in [2.45, 2.75) is 13.0 Å². The molecule has 2 aromatic carbocycles. The summed E-state index contributed by atoms with van der Waals surface area (Å²) in [6.45, 7) is 0.863. The lowest BCUT2D eigenvalue weighted by Gasteiger charge is -2.26. The van der Waals surface area contributed by atoms with E-state index in [2.05, 4.69) is 15.6 Å². The second kappa shape index (κ2) is 10.5. The van der Waals surface area contributed by atoms with E-state index in [1.54, 1.807) is 54.7 Å². The fourth-order valence-corrected chi connectivity index (χ4v) is 5.76. The normalized spacial score (nSPS) is 12.5. The van der Waals surface area contributed by atoms with Gasteiger partial charge in [0.15, 0.2) is 16.5 Å². The predicted octanol–water partition coefficient (Wildman–Crippen LogP) is 5.31. The van der Waals surface area contributed by atoms with Crippen LogP contribution in [0.15, 0.2) is 53.9 Å². The zero-order valence-corrected chi connectivity index (χ0v) is 21.9. The molecule has 0 saturated heterocycles. The van der Waals surface area contributed by atoms with Gasteiger partial charge in [-0.05, 0) is 41.3 Å². The molecule has 37 heavy (non-hydrogen) atoms. The molecule has 0 radical (unpaired) electrons. The maximum Gasteiger partial charge on any atom is 0.322 e. The number of carbonyl (C=O) groups excluding carboxylic acids is 2. The monoisotopic (exact) mass is 535 g/mol. The van der Waals surface area contributed by atoms with Crippen LogP contribution >= 0.6 is 22.7 Å². The third kappa shape index (κ3) is 5.23. The Bertz CT molecular complexity index is 1450. The zero-order valence-electron chi connectivity index (χ0n) is 20.2. The van der Waals surface area contributed by atoms with Gasteiger partial charge in [-0.2, -0.15) is 0 Å². The number of nitrogen functional groups attached to an aromatic ring is 1. The molecule has 0 atom stereocenters. The highest BCUT2D eigenvalue weighted by Gasteiger charge is 2.26. The highest BCUT2D eigenvalue weighted by atomic mass is 32.1. The minimum Gasteiger partial charge on any atom is -0.493 e. The van der Waals surface area contributed by atoms with Crippen LogP contribution in [-0.2, 0) is 13.0 Å². The van der Waals surface area contributed by atoms with Crippen LogP contribution in [0.25, 0.3) is 10.4 Å². The van der Waals surface area contributed by atoms with Crippen LogP contribution in [0.3, 0.4) is 0 Å². The molecule has 0 saturated carbocycles. The maximum absolute atomic E-state index is 13.0. The van der Waals surface area contributed by atoms with Crippen molar-refractivity contribution < 1.29 is 19.1 Å². The number of nitrogens with zero attached hydrogens (tertiary/aromatic N) is 2. The molecule has 4 aromatic rings. The van der Waals surface area contributed by atoms with Gasteiger partial charge in [0.1, 0.15) is 0 Å². The fourth-order valence-electron chi connectivity index (χ4n) is 4.02. The number of methoxy groups -OCH3 is 2. The Kier molecular flexibility index (Phi) is 6.97. The Morgan fingerprint density at radius 2 is 1.89 bits per heavy atom. The first-order valence-electron chi connectivity index (χ1n) is 11.5. The summed E-state index contributed by atoms with van der Waals surface area (Å²) in [5, 5.41) is 8.14. The Labute approximate surface area is 221 Å². The van der Waals surface area contributed by atoms with E-state index in [4.69, 9.17) is 15.2 Å². The van der Waals surface area contributed by atoms with Crippen molar-refractivity contribution in [3.05, 3.63) is 69.5 Å². The molecule has 11 heteroatoms. The minimum absolute atomic E-state index is 0.240. The van der Waals surface area contributed by atoms with E-state index in [9.17, 15) is 9.59 Å². The molecule has 0 spiro atoms. The van der Waals surface area contributed by atoms with Crippen molar-refractivity contribution in [3.8, 4) is 21.9 Å². The summed E-state index contributed by atoms with van der Waals surface area (Å²) in [7, 11) is 3.10. The lowest BCUT2D eigenvalue weighted by Crippen LogP contribution is -2.38. The summed E-state index contributed by atoms with van der Waals surface area (Å²) >= 11 is 2.91. The van der Waals surface area contributed by atoms with E-state index >= 15 is 0 Å². The Morgan fingerprint density at radius 1 is 1.05 bits per heavy atom. The summed E-state index contributed by atoms with van der Waals surface area (Å²) in [5.74, 6) is 0.787. The van der Waals surface area contributed by atoms with Gasteiger partial charge in [-0.1, -0.05) is 12.1 Å². The molecule has 0 fully saturated rings. The maximum atomic E-state index is 13.0. The molecule has 190 valence electrons.